The number of ether oxygens (including phenoxy) is 1. The molecule has 0 unspecified atom stereocenters. The fraction of sp³-hybridized carbons (Fsp3) is 0.370. The normalized spacial score (nSPS) is 18.2. The van der Waals surface area contributed by atoms with E-state index in [-0.39, 0.29) is 23.8 Å². The molecule has 5 rings (SSSR count). The number of benzene rings is 2. The van der Waals surface area contributed by atoms with Gasteiger partial charge in [0.05, 0.1) is 25.2 Å². The molecule has 2 aliphatic heterocycles. The number of halogens is 1. The first-order chi connectivity index (χ1) is 17.0. The zero-order valence-corrected chi connectivity index (χ0v) is 20.5. The summed E-state index contributed by atoms with van der Waals surface area (Å²) in [6, 6.07) is 15.8. The fourth-order valence-electron chi connectivity index (χ4n) is 4.75. The van der Waals surface area contributed by atoms with Crippen LogP contribution in [-0.4, -0.2) is 39.4 Å². The van der Waals surface area contributed by atoms with Crippen molar-refractivity contribution in [3.63, 3.8) is 0 Å². The molecule has 3 aromatic rings. The van der Waals surface area contributed by atoms with Crippen LogP contribution in [0.3, 0.4) is 0 Å². The molecule has 2 aliphatic rings. The summed E-state index contributed by atoms with van der Waals surface area (Å²) in [7, 11) is 0. The maximum Gasteiger partial charge on any atom is 0.274 e. The Morgan fingerprint density at radius 2 is 1.86 bits per heavy atom. The van der Waals surface area contributed by atoms with Gasteiger partial charge in [0.1, 0.15) is 6.10 Å². The van der Waals surface area contributed by atoms with Crippen LogP contribution in [0.5, 0.6) is 0 Å². The number of amides is 2. The Balaban J connectivity index is 1.16. The van der Waals surface area contributed by atoms with E-state index in [9.17, 15) is 9.59 Å². The summed E-state index contributed by atoms with van der Waals surface area (Å²) in [6.45, 7) is 4.51. The summed E-state index contributed by atoms with van der Waals surface area (Å²) in [5, 5.41) is 3.63. The van der Waals surface area contributed by atoms with E-state index < -0.39 is 0 Å². The highest BCUT2D eigenvalue weighted by molar-refractivity contribution is 6.31. The Labute approximate surface area is 210 Å². The molecule has 0 spiro atoms. The predicted molar refractivity (Wildman–Crippen MR) is 133 cm³/mol. The Kier molecular flexibility index (Phi) is 6.88. The third kappa shape index (κ3) is 5.11. The van der Waals surface area contributed by atoms with Crippen LogP contribution in [0.25, 0.3) is 0 Å². The van der Waals surface area contributed by atoms with Gasteiger partial charge in [-0.25, -0.2) is 4.98 Å². The first kappa shape index (κ1) is 23.6. The molecule has 1 atom stereocenters. The Bertz CT molecular complexity index is 1220. The van der Waals surface area contributed by atoms with Crippen molar-refractivity contribution in [2.45, 2.75) is 45.6 Å². The SMILES string of the molecule is Cc1ccc([C@@H]2Cn3cnc(C(=O)N4CCC(C(=O)NCc5ccccc5Cl)CC4)c3CO2)cc1. The van der Waals surface area contributed by atoms with Crippen molar-refractivity contribution in [3.8, 4) is 0 Å². The molecule has 1 aromatic heterocycles. The van der Waals surface area contributed by atoms with Gasteiger partial charge in [0.15, 0.2) is 5.69 Å². The number of imidazole rings is 1. The van der Waals surface area contributed by atoms with Crippen LogP contribution in [0.15, 0.2) is 54.9 Å². The number of carbonyl (C=O) groups excluding carboxylic acids is 2. The highest BCUT2D eigenvalue weighted by atomic mass is 35.5. The lowest BCUT2D eigenvalue weighted by molar-refractivity contribution is -0.126. The summed E-state index contributed by atoms with van der Waals surface area (Å²) < 4.78 is 8.12. The molecule has 8 heteroatoms. The number of carbonyl (C=O) groups is 2. The predicted octanol–water partition coefficient (Wildman–Crippen LogP) is 4.29. The zero-order chi connectivity index (χ0) is 24.4. The van der Waals surface area contributed by atoms with Crippen LogP contribution in [0.4, 0.5) is 0 Å². The van der Waals surface area contributed by atoms with E-state index in [0.29, 0.717) is 56.3 Å². The highest BCUT2D eigenvalue weighted by Gasteiger charge is 2.32. The van der Waals surface area contributed by atoms with E-state index in [2.05, 4.69) is 41.5 Å². The van der Waals surface area contributed by atoms with Gasteiger partial charge in [-0.3, -0.25) is 9.59 Å². The van der Waals surface area contributed by atoms with Crippen LogP contribution in [0, 0.1) is 12.8 Å². The minimum Gasteiger partial charge on any atom is -0.365 e. The molecular formula is C27H29ClN4O3. The van der Waals surface area contributed by atoms with Gasteiger partial charge < -0.3 is 19.5 Å². The Morgan fingerprint density at radius 1 is 1.11 bits per heavy atom. The average molecular weight is 493 g/mol. The van der Waals surface area contributed by atoms with Gasteiger partial charge in [-0.1, -0.05) is 59.6 Å². The molecule has 182 valence electrons. The standard InChI is InChI=1S/C27H29ClN4O3/c1-18-6-8-19(9-7-18)24-15-32-17-30-25(23(32)16-35-24)27(34)31-12-10-20(11-13-31)26(33)29-14-21-4-2-3-5-22(21)28/h2-9,17,20,24H,10-16H2,1H3,(H,29,33)/t24-/m0/s1. The molecule has 1 fully saturated rings. The second-order valence-corrected chi connectivity index (χ2v) is 9.69. The summed E-state index contributed by atoms with van der Waals surface area (Å²) >= 11 is 6.18. The van der Waals surface area contributed by atoms with E-state index in [1.54, 1.807) is 11.2 Å². The number of rotatable bonds is 5. The minimum atomic E-state index is -0.115. The van der Waals surface area contributed by atoms with Crippen LogP contribution in [0.2, 0.25) is 5.02 Å². The highest BCUT2D eigenvalue weighted by Crippen LogP contribution is 2.29. The first-order valence-electron chi connectivity index (χ1n) is 12.0. The molecular weight excluding hydrogens is 464 g/mol. The quantitative estimate of drug-likeness (QED) is 0.576. The number of hydrogen-bond donors (Lipinski definition) is 1. The summed E-state index contributed by atoms with van der Waals surface area (Å²) in [6.07, 6.45) is 2.94. The Morgan fingerprint density at radius 3 is 2.60 bits per heavy atom. The molecule has 0 saturated carbocycles. The number of nitrogens with one attached hydrogen (secondary N) is 1. The average Bonchev–Trinajstić information content (AvgIpc) is 3.31. The second kappa shape index (κ2) is 10.2. The van der Waals surface area contributed by atoms with Crippen molar-refractivity contribution < 1.29 is 14.3 Å². The zero-order valence-electron chi connectivity index (χ0n) is 19.7. The van der Waals surface area contributed by atoms with Gasteiger partial charge in [0, 0.05) is 30.6 Å². The third-order valence-corrected chi connectivity index (χ3v) is 7.31. The van der Waals surface area contributed by atoms with Gasteiger partial charge >= 0.3 is 0 Å². The molecule has 0 bridgehead atoms. The lowest BCUT2D eigenvalue weighted by Crippen LogP contribution is -2.43. The number of piperidine rings is 1. The summed E-state index contributed by atoms with van der Waals surface area (Å²) in [5.41, 5.74) is 4.50. The maximum atomic E-state index is 13.2. The number of hydrogen-bond acceptors (Lipinski definition) is 4. The van der Waals surface area contributed by atoms with Crippen molar-refractivity contribution >= 4 is 23.4 Å². The van der Waals surface area contributed by atoms with Gasteiger partial charge in [-0.05, 0) is 37.0 Å². The number of fused-ring (bicyclic) bond motifs is 1. The molecule has 3 heterocycles. The van der Waals surface area contributed by atoms with Crippen LogP contribution in [-0.2, 0) is 29.2 Å². The molecule has 2 amide bonds. The first-order valence-corrected chi connectivity index (χ1v) is 12.4. The van der Waals surface area contributed by atoms with Crippen molar-refractivity contribution in [2.24, 2.45) is 5.92 Å². The number of nitrogens with zero attached hydrogens (tertiary/aromatic N) is 3. The second-order valence-electron chi connectivity index (χ2n) is 9.28. The number of aromatic nitrogens is 2. The van der Waals surface area contributed by atoms with Gasteiger partial charge in [0.2, 0.25) is 5.91 Å². The molecule has 0 aliphatic carbocycles. The van der Waals surface area contributed by atoms with Crippen molar-refractivity contribution in [1.82, 2.24) is 19.8 Å². The van der Waals surface area contributed by atoms with E-state index >= 15 is 0 Å². The van der Waals surface area contributed by atoms with E-state index in [1.807, 2.05) is 28.8 Å². The maximum absolute atomic E-state index is 13.2. The van der Waals surface area contributed by atoms with E-state index in [4.69, 9.17) is 16.3 Å². The molecule has 35 heavy (non-hydrogen) atoms. The molecule has 1 saturated heterocycles. The number of likely N-dealkylation sites (tertiary alicyclic amines) is 1. The summed E-state index contributed by atoms with van der Waals surface area (Å²) in [4.78, 5) is 32.1. The molecule has 2 aromatic carbocycles. The van der Waals surface area contributed by atoms with Crippen LogP contribution >= 0.6 is 11.6 Å². The van der Waals surface area contributed by atoms with Crippen LogP contribution in [0.1, 0.15) is 51.8 Å². The lowest BCUT2D eigenvalue weighted by atomic mass is 9.95. The van der Waals surface area contributed by atoms with Gasteiger partial charge in [0.25, 0.3) is 5.91 Å². The largest absolute Gasteiger partial charge is 0.365 e. The van der Waals surface area contributed by atoms with Gasteiger partial charge in [-0.15, -0.1) is 0 Å². The topological polar surface area (TPSA) is 76.5 Å². The summed E-state index contributed by atoms with van der Waals surface area (Å²) in [5.74, 6) is -0.200. The molecule has 7 nitrogen and oxygen atoms in total. The smallest absolute Gasteiger partial charge is 0.274 e. The monoisotopic (exact) mass is 492 g/mol. The number of aryl methyl sites for hydroxylation is 1. The molecule has 1 N–H and O–H groups in total. The van der Waals surface area contributed by atoms with Crippen molar-refractivity contribution in [3.05, 3.63) is 88.0 Å². The fourth-order valence-corrected chi connectivity index (χ4v) is 4.95. The minimum absolute atomic E-state index is 0.00642. The Hall–Kier alpha value is -3.16. The lowest BCUT2D eigenvalue weighted by Gasteiger charge is -2.31. The van der Waals surface area contributed by atoms with Gasteiger partial charge in [-0.2, -0.15) is 0 Å². The third-order valence-electron chi connectivity index (χ3n) is 6.95. The van der Waals surface area contributed by atoms with Crippen molar-refractivity contribution in [2.75, 3.05) is 13.1 Å². The van der Waals surface area contributed by atoms with Crippen LogP contribution < -0.4 is 5.32 Å². The van der Waals surface area contributed by atoms with Crippen molar-refractivity contribution in [1.29, 1.82) is 0 Å². The molecule has 0 radical (unpaired) electrons. The van der Waals surface area contributed by atoms with E-state index in [1.165, 1.54) is 5.56 Å². The van der Waals surface area contributed by atoms with E-state index in [0.717, 1.165) is 16.8 Å².